The van der Waals surface area contributed by atoms with Crippen molar-refractivity contribution in [3.05, 3.63) is 0 Å². The Bertz CT molecular complexity index is 296. The van der Waals surface area contributed by atoms with Gasteiger partial charge in [0.25, 0.3) is 0 Å². The summed E-state index contributed by atoms with van der Waals surface area (Å²) in [7, 11) is 1.90. The summed E-state index contributed by atoms with van der Waals surface area (Å²) in [6, 6.07) is 0.390. The molecule has 1 saturated heterocycles. The van der Waals surface area contributed by atoms with E-state index >= 15 is 0 Å². The summed E-state index contributed by atoms with van der Waals surface area (Å²) >= 11 is 0. The predicted molar refractivity (Wildman–Crippen MR) is 65.4 cm³/mol. The minimum Gasteiger partial charge on any atom is -0.355 e. The van der Waals surface area contributed by atoms with Gasteiger partial charge in [0.15, 0.2) is 0 Å². The van der Waals surface area contributed by atoms with Gasteiger partial charge in [-0.25, -0.2) is 0 Å². The van der Waals surface area contributed by atoms with E-state index in [1.807, 2.05) is 11.9 Å². The fourth-order valence-electron chi connectivity index (χ4n) is 2.89. The number of nitrogens with zero attached hydrogens (tertiary/aromatic N) is 1. The maximum absolute atomic E-state index is 12.2. The molecule has 2 rings (SSSR count). The van der Waals surface area contributed by atoms with Gasteiger partial charge in [-0.2, -0.15) is 0 Å². The van der Waals surface area contributed by atoms with Crippen molar-refractivity contribution in [2.75, 3.05) is 13.6 Å². The topological polar surface area (TPSA) is 49.4 Å². The van der Waals surface area contributed by atoms with Crippen molar-refractivity contribution < 1.29 is 9.59 Å². The second kappa shape index (κ2) is 5.52. The molecule has 2 fully saturated rings. The van der Waals surface area contributed by atoms with E-state index in [0.29, 0.717) is 19.0 Å². The van der Waals surface area contributed by atoms with E-state index in [1.54, 1.807) is 0 Å². The Labute approximate surface area is 103 Å². The van der Waals surface area contributed by atoms with Crippen LogP contribution >= 0.6 is 0 Å². The highest BCUT2D eigenvalue weighted by atomic mass is 16.2. The first-order valence-electron chi connectivity index (χ1n) is 6.72. The normalized spacial score (nSPS) is 26.4. The van der Waals surface area contributed by atoms with Crippen LogP contribution in [0.4, 0.5) is 0 Å². The molecule has 1 saturated carbocycles. The third-order valence-electron chi connectivity index (χ3n) is 4.05. The highest BCUT2D eigenvalue weighted by molar-refractivity contribution is 5.89. The molecule has 1 unspecified atom stereocenters. The molecular formula is C13H22N2O2. The van der Waals surface area contributed by atoms with E-state index in [0.717, 1.165) is 12.8 Å². The maximum Gasteiger partial charge on any atom is 0.227 e. The summed E-state index contributed by atoms with van der Waals surface area (Å²) in [5.41, 5.74) is 0. The quantitative estimate of drug-likeness (QED) is 0.737. The molecule has 1 N–H and O–H groups in total. The van der Waals surface area contributed by atoms with Crippen molar-refractivity contribution in [2.45, 2.75) is 51.0 Å². The molecule has 0 aromatic heterocycles. The summed E-state index contributed by atoms with van der Waals surface area (Å²) in [4.78, 5) is 25.3. The smallest absolute Gasteiger partial charge is 0.227 e. The molecule has 0 spiro atoms. The minimum atomic E-state index is -0.129. The fraction of sp³-hybridized carbons (Fsp3) is 0.846. The van der Waals surface area contributed by atoms with E-state index in [1.165, 1.54) is 25.7 Å². The lowest BCUT2D eigenvalue weighted by Gasteiger charge is -2.29. The van der Waals surface area contributed by atoms with Gasteiger partial charge in [-0.15, -0.1) is 0 Å². The molecule has 4 nitrogen and oxygen atoms in total. The van der Waals surface area contributed by atoms with Crippen molar-refractivity contribution in [2.24, 2.45) is 5.92 Å². The molecule has 2 aliphatic rings. The third-order valence-corrected chi connectivity index (χ3v) is 4.05. The molecule has 96 valence electrons. The molecule has 0 radical (unpaired) electrons. The van der Waals surface area contributed by atoms with Crippen LogP contribution in [0.25, 0.3) is 0 Å². The van der Waals surface area contributed by atoms with Crippen LogP contribution in [0.2, 0.25) is 0 Å². The maximum atomic E-state index is 12.2. The SMILES string of the molecule is CN(C(=O)C1CNC(=O)C1)C1CCCCCC1. The minimum absolute atomic E-state index is 0.0117. The van der Waals surface area contributed by atoms with Gasteiger partial charge in [-0.05, 0) is 12.8 Å². The van der Waals surface area contributed by atoms with Crippen molar-refractivity contribution >= 4 is 11.8 Å². The number of carbonyl (C=O) groups is 2. The Morgan fingerprint density at radius 1 is 1.24 bits per heavy atom. The standard InChI is InChI=1S/C13H22N2O2/c1-15(11-6-4-2-3-5-7-11)13(17)10-8-12(16)14-9-10/h10-11H,2-9H2,1H3,(H,14,16). The molecule has 1 atom stereocenters. The molecule has 0 aromatic carbocycles. The van der Waals surface area contributed by atoms with Crippen LogP contribution in [0.1, 0.15) is 44.9 Å². The summed E-state index contributed by atoms with van der Waals surface area (Å²) in [5, 5.41) is 2.73. The average Bonchev–Trinajstić information content (AvgIpc) is 2.60. The van der Waals surface area contributed by atoms with Gasteiger partial charge in [0.1, 0.15) is 0 Å². The van der Waals surface area contributed by atoms with Gasteiger partial charge in [0.05, 0.1) is 5.92 Å². The molecule has 1 heterocycles. The van der Waals surface area contributed by atoms with Crippen LogP contribution in [-0.4, -0.2) is 36.3 Å². The summed E-state index contributed by atoms with van der Waals surface area (Å²) in [6.45, 7) is 0.523. The number of rotatable bonds is 2. The van der Waals surface area contributed by atoms with Gasteiger partial charge in [0.2, 0.25) is 11.8 Å². The zero-order valence-corrected chi connectivity index (χ0v) is 10.6. The zero-order valence-electron chi connectivity index (χ0n) is 10.6. The second-order valence-electron chi connectivity index (χ2n) is 5.30. The Hall–Kier alpha value is -1.06. The Kier molecular flexibility index (Phi) is 4.02. The molecule has 1 aliphatic heterocycles. The average molecular weight is 238 g/mol. The summed E-state index contributed by atoms with van der Waals surface area (Å²) < 4.78 is 0. The van der Waals surface area contributed by atoms with Crippen LogP contribution in [0.15, 0.2) is 0 Å². The first kappa shape index (κ1) is 12.4. The van der Waals surface area contributed by atoms with Gasteiger partial charge >= 0.3 is 0 Å². The predicted octanol–water partition coefficient (Wildman–Crippen LogP) is 1.30. The van der Waals surface area contributed by atoms with Gasteiger partial charge < -0.3 is 10.2 Å². The Morgan fingerprint density at radius 3 is 2.41 bits per heavy atom. The first-order chi connectivity index (χ1) is 8.18. The first-order valence-corrected chi connectivity index (χ1v) is 6.72. The summed E-state index contributed by atoms with van der Waals surface area (Å²) in [5.74, 6) is 0.0311. The van der Waals surface area contributed by atoms with Crippen LogP contribution in [0.3, 0.4) is 0 Å². The highest BCUT2D eigenvalue weighted by Gasteiger charge is 2.32. The molecular weight excluding hydrogens is 216 g/mol. The van der Waals surface area contributed by atoms with E-state index in [9.17, 15) is 9.59 Å². The van der Waals surface area contributed by atoms with Gasteiger partial charge in [-0.3, -0.25) is 9.59 Å². The molecule has 2 amide bonds. The second-order valence-corrected chi connectivity index (χ2v) is 5.30. The largest absolute Gasteiger partial charge is 0.355 e. The molecule has 17 heavy (non-hydrogen) atoms. The lowest BCUT2D eigenvalue weighted by molar-refractivity contribution is -0.136. The molecule has 1 aliphatic carbocycles. The van der Waals surface area contributed by atoms with Gasteiger partial charge in [-0.1, -0.05) is 25.7 Å². The zero-order chi connectivity index (χ0) is 12.3. The Balaban J connectivity index is 1.91. The number of hydrogen-bond donors (Lipinski definition) is 1. The van der Waals surface area contributed by atoms with Crippen LogP contribution in [0.5, 0.6) is 0 Å². The van der Waals surface area contributed by atoms with Crippen molar-refractivity contribution in [1.29, 1.82) is 0 Å². The van der Waals surface area contributed by atoms with E-state index in [4.69, 9.17) is 0 Å². The number of carbonyl (C=O) groups excluding carboxylic acids is 2. The van der Waals surface area contributed by atoms with Crippen LogP contribution in [0, 0.1) is 5.92 Å². The number of hydrogen-bond acceptors (Lipinski definition) is 2. The number of amides is 2. The van der Waals surface area contributed by atoms with Crippen LogP contribution < -0.4 is 5.32 Å². The van der Waals surface area contributed by atoms with E-state index in [2.05, 4.69) is 5.32 Å². The number of nitrogens with one attached hydrogen (secondary N) is 1. The third kappa shape index (κ3) is 2.99. The van der Waals surface area contributed by atoms with E-state index in [-0.39, 0.29) is 17.7 Å². The lowest BCUT2D eigenvalue weighted by Crippen LogP contribution is -2.41. The monoisotopic (exact) mass is 238 g/mol. The summed E-state index contributed by atoms with van der Waals surface area (Å²) in [6.07, 6.45) is 7.65. The molecule has 4 heteroatoms. The highest BCUT2D eigenvalue weighted by Crippen LogP contribution is 2.23. The van der Waals surface area contributed by atoms with Gasteiger partial charge in [0, 0.05) is 26.1 Å². The van der Waals surface area contributed by atoms with Crippen molar-refractivity contribution in [3.63, 3.8) is 0 Å². The van der Waals surface area contributed by atoms with Crippen molar-refractivity contribution in [3.8, 4) is 0 Å². The molecule has 0 aromatic rings. The molecule has 0 bridgehead atoms. The fourth-order valence-corrected chi connectivity index (χ4v) is 2.89. The van der Waals surface area contributed by atoms with Crippen LogP contribution in [-0.2, 0) is 9.59 Å². The Morgan fingerprint density at radius 2 is 1.88 bits per heavy atom. The van der Waals surface area contributed by atoms with E-state index < -0.39 is 0 Å². The lowest BCUT2D eigenvalue weighted by atomic mass is 10.0. The van der Waals surface area contributed by atoms with Crippen molar-refractivity contribution in [1.82, 2.24) is 10.2 Å².